The van der Waals surface area contributed by atoms with Gasteiger partial charge in [0, 0.05) is 0 Å². The first-order chi connectivity index (χ1) is 9.88. The first-order valence-electron chi connectivity index (χ1n) is 6.65. The van der Waals surface area contributed by atoms with Crippen molar-refractivity contribution in [3.8, 4) is 5.75 Å². The lowest BCUT2D eigenvalue weighted by Crippen LogP contribution is -2.03. The molecule has 0 saturated carbocycles. The molecule has 0 heterocycles. The van der Waals surface area contributed by atoms with Gasteiger partial charge in [0.1, 0.15) is 5.75 Å². The second-order valence-corrected chi connectivity index (χ2v) is 6.04. The molecule has 2 aromatic rings. The number of alkyl halides is 3. The molecule has 1 nitrogen and oxygen atoms in total. The van der Waals surface area contributed by atoms with Gasteiger partial charge in [-0.3, -0.25) is 0 Å². The highest BCUT2D eigenvalue weighted by Gasteiger charge is 2.16. The van der Waals surface area contributed by atoms with Crippen molar-refractivity contribution >= 4 is 15.9 Å². The maximum atomic E-state index is 12.2. The number of aryl methyl sites for hydroxylation is 3. The van der Waals surface area contributed by atoms with Crippen LogP contribution in [0.3, 0.4) is 0 Å². The topological polar surface area (TPSA) is 9.23 Å². The van der Waals surface area contributed by atoms with Crippen LogP contribution in [-0.2, 0) is 0 Å². The van der Waals surface area contributed by atoms with Crippen molar-refractivity contribution in [2.45, 2.75) is 32.2 Å². The van der Waals surface area contributed by atoms with Gasteiger partial charge in [-0.15, -0.1) is 0 Å². The highest BCUT2D eigenvalue weighted by Crippen LogP contribution is 2.36. The zero-order valence-electron chi connectivity index (χ0n) is 12.2. The van der Waals surface area contributed by atoms with E-state index >= 15 is 0 Å². The zero-order valence-corrected chi connectivity index (χ0v) is 13.7. The minimum atomic E-state index is -2.79. The van der Waals surface area contributed by atoms with E-state index in [9.17, 15) is 8.78 Å². The highest BCUT2D eigenvalue weighted by molar-refractivity contribution is 9.09. The van der Waals surface area contributed by atoms with Gasteiger partial charge in [0.15, 0.2) is 0 Å². The number of ether oxygens (including phenoxy) is 1. The maximum absolute atomic E-state index is 12.2. The van der Waals surface area contributed by atoms with Gasteiger partial charge in [0.2, 0.25) is 0 Å². The minimum absolute atomic E-state index is 0.0266. The molecule has 0 spiro atoms. The molecule has 0 fully saturated rings. The first kappa shape index (κ1) is 16.0. The Bertz CT molecular complexity index is 600. The second kappa shape index (κ2) is 6.56. The summed E-state index contributed by atoms with van der Waals surface area (Å²) in [6.45, 7) is 3.44. The van der Waals surface area contributed by atoms with Crippen molar-refractivity contribution in [2.75, 3.05) is 0 Å². The summed E-state index contributed by atoms with van der Waals surface area (Å²) in [5.41, 5.74) is 5.87. The molecule has 4 heteroatoms. The fourth-order valence-electron chi connectivity index (χ4n) is 2.58. The lowest BCUT2D eigenvalue weighted by atomic mass is 9.94. The average Bonchev–Trinajstić information content (AvgIpc) is 2.37. The Hall–Kier alpha value is -1.42. The van der Waals surface area contributed by atoms with Crippen molar-refractivity contribution in [2.24, 2.45) is 0 Å². The van der Waals surface area contributed by atoms with Gasteiger partial charge in [-0.2, -0.15) is 8.78 Å². The summed E-state index contributed by atoms with van der Waals surface area (Å²) >= 11 is 3.71. The lowest BCUT2D eigenvalue weighted by molar-refractivity contribution is -0.0498. The van der Waals surface area contributed by atoms with Crippen LogP contribution in [0.1, 0.15) is 32.6 Å². The highest BCUT2D eigenvalue weighted by atomic mass is 79.9. The third-order valence-corrected chi connectivity index (χ3v) is 4.38. The largest absolute Gasteiger partial charge is 0.435 e. The van der Waals surface area contributed by atoms with Gasteiger partial charge in [-0.05, 0) is 55.2 Å². The lowest BCUT2D eigenvalue weighted by Gasteiger charge is -2.18. The van der Waals surface area contributed by atoms with Gasteiger partial charge in [-0.25, -0.2) is 0 Å². The summed E-state index contributed by atoms with van der Waals surface area (Å²) in [5, 5.41) is 0. The van der Waals surface area contributed by atoms with E-state index in [4.69, 9.17) is 0 Å². The normalized spacial score (nSPS) is 12.5. The first-order valence-corrected chi connectivity index (χ1v) is 7.56. The van der Waals surface area contributed by atoms with Crippen LogP contribution in [0.15, 0.2) is 36.4 Å². The van der Waals surface area contributed by atoms with E-state index in [1.807, 2.05) is 0 Å². The summed E-state index contributed by atoms with van der Waals surface area (Å²) in [6, 6.07) is 11.0. The smallest absolute Gasteiger partial charge is 0.387 e. The quantitative estimate of drug-likeness (QED) is 0.640. The molecule has 2 aromatic carbocycles. The minimum Gasteiger partial charge on any atom is -0.435 e. The summed E-state index contributed by atoms with van der Waals surface area (Å²) in [5.74, 6) is 0.172. The Morgan fingerprint density at radius 3 is 1.95 bits per heavy atom. The number of rotatable bonds is 4. The molecule has 0 aliphatic heterocycles. The van der Waals surface area contributed by atoms with Crippen LogP contribution >= 0.6 is 15.9 Å². The fraction of sp³-hybridized carbons (Fsp3) is 0.294. The van der Waals surface area contributed by atoms with E-state index in [-0.39, 0.29) is 10.6 Å². The van der Waals surface area contributed by atoms with E-state index in [0.717, 1.165) is 5.56 Å². The summed E-state index contributed by atoms with van der Waals surface area (Å²) < 4.78 is 28.7. The molecule has 0 radical (unpaired) electrons. The molecule has 112 valence electrons. The van der Waals surface area contributed by atoms with E-state index < -0.39 is 6.61 Å². The van der Waals surface area contributed by atoms with Crippen molar-refractivity contribution in [1.82, 2.24) is 0 Å². The van der Waals surface area contributed by atoms with E-state index in [2.05, 4.69) is 53.6 Å². The molecule has 0 aromatic heterocycles. The van der Waals surface area contributed by atoms with Crippen LogP contribution in [-0.4, -0.2) is 6.61 Å². The van der Waals surface area contributed by atoms with Gasteiger partial charge in [0.25, 0.3) is 0 Å². The van der Waals surface area contributed by atoms with E-state index in [1.165, 1.54) is 22.3 Å². The number of benzene rings is 2. The Morgan fingerprint density at radius 1 is 0.952 bits per heavy atom. The van der Waals surface area contributed by atoms with Crippen molar-refractivity contribution in [1.29, 1.82) is 0 Å². The van der Waals surface area contributed by atoms with E-state index in [0.29, 0.717) is 0 Å². The molecule has 21 heavy (non-hydrogen) atoms. The molecule has 0 N–H and O–H groups in total. The van der Waals surface area contributed by atoms with Crippen LogP contribution < -0.4 is 4.74 Å². The Morgan fingerprint density at radius 2 is 1.48 bits per heavy atom. The fourth-order valence-corrected chi connectivity index (χ4v) is 3.60. The third-order valence-electron chi connectivity index (χ3n) is 3.39. The SMILES string of the molecule is Cc1cc(C)c(C(Br)c2ccc(OC(F)F)cc2)c(C)c1. The molecule has 0 aliphatic carbocycles. The molecule has 0 amide bonds. The average molecular weight is 355 g/mol. The second-order valence-electron chi connectivity index (χ2n) is 5.12. The summed E-state index contributed by atoms with van der Waals surface area (Å²) in [7, 11) is 0. The number of hydrogen-bond donors (Lipinski definition) is 0. The number of hydrogen-bond acceptors (Lipinski definition) is 1. The third kappa shape index (κ3) is 3.82. The molecule has 0 aliphatic rings. The van der Waals surface area contributed by atoms with Crippen LogP contribution in [0, 0.1) is 20.8 Å². The van der Waals surface area contributed by atoms with Gasteiger partial charge >= 0.3 is 6.61 Å². The molecule has 0 saturated heterocycles. The van der Waals surface area contributed by atoms with Crippen LogP contribution in [0.4, 0.5) is 8.78 Å². The van der Waals surface area contributed by atoms with Crippen molar-refractivity contribution in [3.63, 3.8) is 0 Å². The predicted molar refractivity (Wildman–Crippen MR) is 84.5 cm³/mol. The van der Waals surface area contributed by atoms with E-state index in [1.54, 1.807) is 24.3 Å². The molecular formula is C17H17BrF2O. The summed E-state index contributed by atoms with van der Waals surface area (Å²) in [4.78, 5) is 0.0266. The van der Waals surface area contributed by atoms with Crippen LogP contribution in [0.5, 0.6) is 5.75 Å². The van der Waals surface area contributed by atoms with Gasteiger partial charge in [-0.1, -0.05) is 45.8 Å². The zero-order chi connectivity index (χ0) is 15.6. The Labute approximate surface area is 132 Å². The van der Waals surface area contributed by atoms with Crippen LogP contribution in [0.2, 0.25) is 0 Å². The maximum Gasteiger partial charge on any atom is 0.387 e. The molecular weight excluding hydrogens is 338 g/mol. The Balaban J connectivity index is 2.30. The molecule has 2 rings (SSSR count). The Kier molecular flexibility index (Phi) is 4.99. The standard InChI is InChI=1S/C17H17BrF2O/c1-10-8-11(2)15(12(3)9-10)16(18)13-4-6-14(7-5-13)21-17(19)20/h4-9,16-17H,1-3H3. The van der Waals surface area contributed by atoms with Crippen molar-refractivity contribution in [3.05, 3.63) is 64.2 Å². The van der Waals surface area contributed by atoms with Gasteiger partial charge in [0.05, 0.1) is 4.83 Å². The van der Waals surface area contributed by atoms with Gasteiger partial charge < -0.3 is 4.74 Å². The molecule has 0 bridgehead atoms. The number of halogens is 3. The van der Waals surface area contributed by atoms with Crippen LogP contribution in [0.25, 0.3) is 0 Å². The van der Waals surface area contributed by atoms with Crippen molar-refractivity contribution < 1.29 is 13.5 Å². The molecule has 1 unspecified atom stereocenters. The summed E-state index contributed by atoms with van der Waals surface area (Å²) in [6.07, 6.45) is 0. The predicted octanol–water partition coefficient (Wildman–Crippen LogP) is 5.70. The molecule has 1 atom stereocenters. The monoisotopic (exact) mass is 354 g/mol.